The first-order valence-electron chi connectivity index (χ1n) is 4.60. The summed E-state index contributed by atoms with van der Waals surface area (Å²) in [6.07, 6.45) is 1.49. The molecule has 84 valence electrons. The highest BCUT2D eigenvalue weighted by molar-refractivity contribution is 7.99. The van der Waals surface area contributed by atoms with Crippen molar-refractivity contribution in [3.63, 3.8) is 0 Å². The Bertz CT molecular complexity index is 525. The molecule has 0 aliphatic carbocycles. The van der Waals surface area contributed by atoms with Crippen LogP contribution >= 0.6 is 23.4 Å². The molecule has 0 saturated carbocycles. The Labute approximate surface area is 102 Å². The van der Waals surface area contributed by atoms with Gasteiger partial charge in [-0.1, -0.05) is 11.6 Å². The number of nitrogens with zero attached hydrogens (tertiary/aromatic N) is 5. The standard InChI is InChI=1S/C9H10ClN5S/c1-5-6(2)14-8(7(10)13-5)16-9-11-4-12-15(9)3/h4H,1-3H3. The lowest BCUT2D eigenvalue weighted by molar-refractivity contribution is 0.684. The first-order chi connectivity index (χ1) is 7.58. The van der Waals surface area contributed by atoms with Crippen LogP contribution in [0, 0.1) is 13.8 Å². The highest BCUT2D eigenvalue weighted by Gasteiger charge is 2.11. The fourth-order valence-corrected chi connectivity index (χ4v) is 2.13. The lowest BCUT2D eigenvalue weighted by Gasteiger charge is -2.05. The minimum Gasteiger partial charge on any atom is -0.244 e. The summed E-state index contributed by atoms with van der Waals surface area (Å²) >= 11 is 7.37. The summed E-state index contributed by atoms with van der Waals surface area (Å²) in [6, 6.07) is 0. The van der Waals surface area contributed by atoms with Crippen molar-refractivity contribution in [3.8, 4) is 0 Å². The van der Waals surface area contributed by atoms with Gasteiger partial charge in [0.2, 0.25) is 0 Å². The average molecular weight is 256 g/mol. The van der Waals surface area contributed by atoms with Gasteiger partial charge < -0.3 is 0 Å². The second-order valence-electron chi connectivity index (χ2n) is 3.26. The highest BCUT2D eigenvalue weighted by atomic mass is 35.5. The van der Waals surface area contributed by atoms with E-state index in [-0.39, 0.29) is 0 Å². The summed E-state index contributed by atoms with van der Waals surface area (Å²) in [7, 11) is 1.82. The molecule has 0 bridgehead atoms. The molecule has 2 rings (SSSR count). The Balaban J connectivity index is 2.35. The third kappa shape index (κ3) is 2.17. The molecule has 0 aliphatic rings. The third-order valence-electron chi connectivity index (χ3n) is 2.09. The van der Waals surface area contributed by atoms with Gasteiger partial charge in [0.1, 0.15) is 11.4 Å². The summed E-state index contributed by atoms with van der Waals surface area (Å²) in [5.74, 6) is 0. The molecular weight excluding hydrogens is 246 g/mol. The number of aryl methyl sites for hydroxylation is 3. The van der Waals surface area contributed by atoms with E-state index in [2.05, 4.69) is 20.1 Å². The monoisotopic (exact) mass is 255 g/mol. The average Bonchev–Trinajstić information content (AvgIpc) is 2.61. The van der Waals surface area contributed by atoms with Gasteiger partial charge >= 0.3 is 0 Å². The van der Waals surface area contributed by atoms with Crippen LogP contribution in [0.1, 0.15) is 11.4 Å². The first-order valence-corrected chi connectivity index (χ1v) is 5.80. The quantitative estimate of drug-likeness (QED) is 0.822. The predicted molar refractivity (Wildman–Crippen MR) is 61.6 cm³/mol. The molecule has 5 nitrogen and oxygen atoms in total. The molecule has 0 spiro atoms. The van der Waals surface area contributed by atoms with E-state index in [1.54, 1.807) is 4.68 Å². The Morgan fingerprint density at radius 3 is 2.56 bits per heavy atom. The predicted octanol–water partition coefficient (Wildman–Crippen LogP) is 2.03. The van der Waals surface area contributed by atoms with Crippen molar-refractivity contribution in [2.45, 2.75) is 24.0 Å². The molecule has 16 heavy (non-hydrogen) atoms. The largest absolute Gasteiger partial charge is 0.244 e. The number of aromatic nitrogens is 5. The van der Waals surface area contributed by atoms with Crippen molar-refractivity contribution in [2.24, 2.45) is 7.05 Å². The number of rotatable bonds is 2. The molecule has 0 radical (unpaired) electrons. The Kier molecular flexibility index (Phi) is 3.11. The second-order valence-corrected chi connectivity index (χ2v) is 4.57. The lowest BCUT2D eigenvalue weighted by atomic mass is 10.4. The Morgan fingerprint density at radius 1 is 1.25 bits per heavy atom. The maximum Gasteiger partial charge on any atom is 0.192 e. The topological polar surface area (TPSA) is 56.5 Å². The summed E-state index contributed by atoms with van der Waals surface area (Å²) in [5, 5.41) is 5.76. The smallest absolute Gasteiger partial charge is 0.192 e. The van der Waals surface area contributed by atoms with Crippen LogP contribution in [0.2, 0.25) is 5.15 Å². The van der Waals surface area contributed by atoms with Crippen LogP contribution in [0.5, 0.6) is 0 Å². The normalized spacial score (nSPS) is 10.8. The van der Waals surface area contributed by atoms with Crippen LogP contribution in [0.4, 0.5) is 0 Å². The SMILES string of the molecule is Cc1nc(Cl)c(Sc2ncnn2C)nc1C. The van der Waals surface area contributed by atoms with E-state index in [1.165, 1.54) is 18.1 Å². The van der Waals surface area contributed by atoms with Crippen LogP contribution in [0.15, 0.2) is 16.5 Å². The molecule has 0 saturated heterocycles. The van der Waals surface area contributed by atoms with Crippen LogP contribution in [-0.4, -0.2) is 24.7 Å². The number of hydrogen-bond donors (Lipinski definition) is 0. The van der Waals surface area contributed by atoms with E-state index in [9.17, 15) is 0 Å². The maximum absolute atomic E-state index is 6.02. The van der Waals surface area contributed by atoms with Crippen LogP contribution in [0.3, 0.4) is 0 Å². The van der Waals surface area contributed by atoms with Crippen LogP contribution < -0.4 is 0 Å². The number of halogens is 1. The van der Waals surface area contributed by atoms with Crippen LogP contribution in [-0.2, 0) is 7.05 Å². The van der Waals surface area contributed by atoms with Crippen molar-refractivity contribution < 1.29 is 0 Å². The van der Waals surface area contributed by atoms with Gasteiger partial charge in [-0.2, -0.15) is 5.10 Å². The van der Waals surface area contributed by atoms with E-state index >= 15 is 0 Å². The summed E-state index contributed by atoms with van der Waals surface area (Å²) in [4.78, 5) is 12.7. The maximum atomic E-state index is 6.02. The third-order valence-corrected chi connectivity index (χ3v) is 3.50. The molecule has 0 atom stereocenters. The molecule has 7 heteroatoms. The van der Waals surface area contributed by atoms with Gasteiger partial charge in [0.05, 0.1) is 11.4 Å². The van der Waals surface area contributed by atoms with Crippen molar-refractivity contribution in [2.75, 3.05) is 0 Å². The molecule has 0 amide bonds. The zero-order valence-corrected chi connectivity index (χ0v) is 10.7. The first kappa shape index (κ1) is 11.3. The van der Waals surface area contributed by atoms with Gasteiger partial charge in [0, 0.05) is 7.05 Å². The zero-order chi connectivity index (χ0) is 11.7. The zero-order valence-electron chi connectivity index (χ0n) is 9.10. The van der Waals surface area contributed by atoms with Crippen molar-refractivity contribution in [1.82, 2.24) is 24.7 Å². The Hall–Kier alpha value is -1.14. The molecule has 2 heterocycles. The molecule has 0 fully saturated rings. The van der Waals surface area contributed by atoms with Crippen LogP contribution in [0.25, 0.3) is 0 Å². The van der Waals surface area contributed by atoms with Gasteiger partial charge in [0.25, 0.3) is 0 Å². The van der Waals surface area contributed by atoms with Crippen molar-refractivity contribution >= 4 is 23.4 Å². The molecule has 0 aliphatic heterocycles. The van der Waals surface area contributed by atoms with E-state index in [1.807, 2.05) is 20.9 Å². The Morgan fingerprint density at radius 2 is 1.94 bits per heavy atom. The van der Waals surface area contributed by atoms with E-state index in [0.717, 1.165) is 16.5 Å². The fourth-order valence-electron chi connectivity index (χ4n) is 1.08. The van der Waals surface area contributed by atoms with E-state index in [4.69, 9.17) is 11.6 Å². The van der Waals surface area contributed by atoms with Crippen molar-refractivity contribution in [3.05, 3.63) is 22.9 Å². The summed E-state index contributed by atoms with van der Waals surface area (Å²) < 4.78 is 1.66. The minimum absolute atomic E-state index is 0.399. The highest BCUT2D eigenvalue weighted by Crippen LogP contribution is 2.29. The van der Waals surface area contributed by atoms with Gasteiger partial charge in [0.15, 0.2) is 10.3 Å². The molecule has 2 aromatic heterocycles. The molecule has 0 N–H and O–H groups in total. The summed E-state index contributed by atoms with van der Waals surface area (Å²) in [6.45, 7) is 3.78. The van der Waals surface area contributed by atoms with Gasteiger partial charge in [-0.15, -0.1) is 0 Å². The van der Waals surface area contributed by atoms with E-state index in [0.29, 0.717) is 10.2 Å². The fraction of sp³-hybridized carbons (Fsp3) is 0.333. The minimum atomic E-state index is 0.399. The lowest BCUT2D eigenvalue weighted by Crippen LogP contribution is -1.97. The van der Waals surface area contributed by atoms with E-state index < -0.39 is 0 Å². The molecule has 2 aromatic rings. The summed E-state index contributed by atoms with van der Waals surface area (Å²) in [5.41, 5.74) is 1.71. The van der Waals surface area contributed by atoms with Gasteiger partial charge in [-0.05, 0) is 25.6 Å². The molecule has 0 unspecified atom stereocenters. The number of hydrogen-bond acceptors (Lipinski definition) is 5. The van der Waals surface area contributed by atoms with Crippen molar-refractivity contribution in [1.29, 1.82) is 0 Å². The van der Waals surface area contributed by atoms with Gasteiger partial charge in [-0.3, -0.25) is 0 Å². The second kappa shape index (κ2) is 4.39. The van der Waals surface area contributed by atoms with Gasteiger partial charge in [-0.25, -0.2) is 19.6 Å². The molecule has 0 aromatic carbocycles. The molecular formula is C9H10ClN5S.